The van der Waals surface area contributed by atoms with Gasteiger partial charge in [0.25, 0.3) is 0 Å². The maximum atomic E-state index is 11.2. The van der Waals surface area contributed by atoms with Crippen molar-refractivity contribution < 1.29 is 23.1 Å². The van der Waals surface area contributed by atoms with Crippen LogP contribution in [-0.4, -0.2) is 56.0 Å². The van der Waals surface area contributed by atoms with E-state index in [1.807, 2.05) is 0 Å². The Morgan fingerprint density at radius 2 is 2.00 bits per heavy atom. The Bertz CT molecular complexity index is 378. The molecule has 1 atom stereocenters. The summed E-state index contributed by atoms with van der Waals surface area (Å²) in [6.07, 6.45) is 0.335. The SMILES string of the molecule is O=C(NCCO)C(=O)NC1CCS(=O)(=O)C1. The molecule has 3 N–H and O–H groups in total. The summed E-state index contributed by atoms with van der Waals surface area (Å²) in [5.41, 5.74) is 0. The summed E-state index contributed by atoms with van der Waals surface area (Å²) < 4.78 is 22.2. The summed E-state index contributed by atoms with van der Waals surface area (Å²) in [5, 5.41) is 12.9. The second-order valence-corrected chi connectivity index (χ2v) is 5.78. The van der Waals surface area contributed by atoms with E-state index in [0.717, 1.165) is 0 Å². The molecule has 16 heavy (non-hydrogen) atoms. The van der Waals surface area contributed by atoms with Gasteiger partial charge >= 0.3 is 11.8 Å². The highest BCUT2D eigenvalue weighted by Gasteiger charge is 2.30. The van der Waals surface area contributed by atoms with Gasteiger partial charge in [-0.1, -0.05) is 0 Å². The minimum Gasteiger partial charge on any atom is -0.395 e. The van der Waals surface area contributed by atoms with Gasteiger partial charge in [-0.3, -0.25) is 9.59 Å². The first kappa shape index (κ1) is 12.9. The highest BCUT2D eigenvalue weighted by Crippen LogP contribution is 2.10. The molecule has 1 rings (SSSR count). The number of carbonyl (C=O) groups excluding carboxylic acids is 2. The zero-order chi connectivity index (χ0) is 12.2. The van der Waals surface area contributed by atoms with Crippen LogP contribution in [0.15, 0.2) is 0 Å². The Morgan fingerprint density at radius 1 is 1.31 bits per heavy atom. The zero-order valence-electron chi connectivity index (χ0n) is 8.60. The maximum absolute atomic E-state index is 11.2. The van der Waals surface area contributed by atoms with Gasteiger partial charge in [0.2, 0.25) is 0 Å². The lowest BCUT2D eigenvalue weighted by atomic mass is 10.2. The van der Waals surface area contributed by atoms with Crippen molar-refractivity contribution in [3.05, 3.63) is 0 Å². The molecule has 1 saturated heterocycles. The molecule has 0 spiro atoms. The second kappa shape index (κ2) is 5.26. The van der Waals surface area contributed by atoms with Crippen molar-refractivity contribution in [3.8, 4) is 0 Å². The largest absolute Gasteiger partial charge is 0.395 e. The number of carbonyl (C=O) groups is 2. The third kappa shape index (κ3) is 3.78. The predicted molar refractivity (Wildman–Crippen MR) is 55.3 cm³/mol. The van der Waals surface area contributed by atoms with Crippen molar-refractivity contribution in [3.63, 3.8) is 0 Å². The van der Waals surface area contributed by atoms with E-state index < -0.39 is 27.7 Å². The zero-order valence-corrected chi connectivity index (χ0v) is 9.42. The van der Waals surface area contributed by atoms with Gasteiger partial charge in [-0.05, 0) is 6.42 Å². The number of nitrogens with one attached hydrogen (secondary N) is 2. The Labute approximate surface area is 93.1 Å². The lowest BCUT2D eigenvalue weighted by Crippen LogP contribution is -2.45. The minimum atomic E-state index is -3.07. The smallest absolute Gasteiger partial charge is 0.309 e. The number of amides is 2. The fourth-order valence-corrected chi connectivity index (χ4v) is 3.08. The summed E-state index contributed by atoms with van der Waals surface area (Å²) in [5.74, 6) is -1.81. The van der Waals surface area contributed by atoms with Crippen molar-refractivity contribution in [2.75, 3.05) is 24.7 Å². The topological polar surface area (TPSA) is 113 Å². The number of sulfone groups is 1. The highest BCUT2D eigenvalue weighted by atomic mass is 32.2. The van der Waals surface area contributed by atoms with Gasteiger partial charge in [0.1, 0.15) is 0 Å². The first-order valence-electron chi connectivity index (χ1n) is 4.84. The van der Waals surface area contributed by atoms with E-state index in [-0.39, 0.29) is 24.7 Å². The third-order valence-corrected chi connectivity index (χ3v) is 3.94. The molecule has 0 bridgehead atoms. The molecule has 2 amide bonds. The Hall–Kier alpha value is -1.15. The van der Waals surface area contributed by atoms with Gasteiger partial charge in [-0.2, -0.15) is 0 Å². The van der Waals surface area contributed by atoms with Crippen LogP contribution < -0.4 is 10.6 Å². The van der Waals surface area contributed by atoms with Gasteiger partial charge < -0.3 is 15.7 Å². The lowest BCUT2D eigenvalue weighted by Gasteiger charge is -2.10. The monoisotopic (exact) mass is 250 g/mol. The van der Waals surface area contributed by atoms with Crippen LogP contribution in [-0.2, 0) is 19.4 Å². The normalized spacial score (nSPS) is 22.7. The molecule has 8 heteroatoms. The Kier molecular flexibility index (Phi) is 4.25. The average molecular weight is 250 g/mol. The summed E-state index contributed by atoms with van der Waals surface area (Å²) in [6, 6.07) is -0.489. The van der Waals surface area contributed by atoms with Crippen molar-refractivity contribution in [1.82, 2.24) is 10.6 Å². The molecule has 0 aromatic rings. The van der Waals surface area contributed by atoms with Gasteiger partial charge in [-0.25, -0.2) is 8.42 Å². The van der Waals surface area contributed by atoms with Crippen molar-refractivity contribution >= 4 is 21.7 Å². The van der Waals surface area contributed by atoms with E-state index in [4.69, 9.17) is 5.11 Å². The number of rotatable bonds is 3. The predicted octanol–water partition coefficient (Wildman–Crippen LogP) is -2.60. The lowest BCUT2D eigenvalue weighted by molar-refractivity contribution is -0.139. The summed E-state index contributed by atoms with van der Waals surface area (Å²) >= 11 is 0. The summed E-state index contributed by atoms with van der Waals surface area (Å²) in [6.45, 7) is -0.258. The fourth-order valence-electron chi connectivity index (χ4n) is 1.41. The van der Waals surface area contributed by atoms with Crippen LogP contribution in [0.2, 0.25) is 0 Å². The van der Waals surface area contributed by atoms with Gasteiger partial charge in [0, 0.05) is 12.6 Å². The van der Waals surface area contributed by atoms with E-state index >= 15 is 0 Å². The van der Waals surface area contributed by atoms with Crippen molar-refractivity contribution in [2.24, 2.45) is 0 Å². The van der Waals surface area contributed by atoms with Crippen LogP contribution in [0, 0.1) is 0 Å². The fraction of sp³-hybridized carbons (Fsp3) is 0.750. The van der Waals surface area contributed by atoms with E-state index in [9.17, 15) is 18.0 Å². The molecule has 1 heterocycles. The average Bonchev–Trinajstić information content (AvgIpc) is 2.54. The highest BCUT2D eigenvalue weighted by molar-refractivity contribution is 7.91. The summed E-state index contributed by atoms with van der Waals surface area (Å²) in [4.78, 5) is 22.3. The van der Waals surface area contributed by atoms with Crippen LogP contribution >= 0.6 is 0 Å². The Morgan fingerprint density at radius 3 is 2.50 bits per heavy atom. The van der Waals surface area contributed by atoms with E-state index in [1.54, 1.807) is 0 Å². The van der Waals surface area contributed by atoms with Crippen molar-refractivity contribution in [1.29, 1.82) is 0 Å². The van der Waals surface area contributed by atoms with Crippen LogP contribution in [0.4, 0.5) is 0 Å². The summed E-state index contributed by atoms with van der Waals surface area (Å²) in [7, 11) is -3.07. The molecule has 1 unspecified atom stereocenters. The van der Waals surface area contributed by atoms with E-state index in [0.29, 0.717) is 6.42 Å². The minimum absolute atomic E-state index is 0.00474. The number of aliphatic hydroxyl groups is 1. The van der Waals surface area contributed by atoms with Crippen LogP contribution in [0.3, 0.4) is 0 Å². The van der Waals surface area contributed by atoms with E-state index in [1.165, 1.54) is 0 Å². The molecule has 0 aromatic carbocycles. The van der Waals surface area contributed by atoms with Crippen LogP contribution in [0.25, 0.3) is 0 Å². The molecule has 1 aliphatic rings. The number of aliphatic hydroxyl groups excluding tert-OH is 1. The Balaban J connectivity index is 2.38. The molecule has 0 aliphatic carbocycles. The maximum Gasteiger partial charge on any atom is 0.309 e. The molecule has 0 saturated carbocycles. The van der Waals surface area contributed by atoms with Crippen LogP contribution in [0.1, 0.15) is 6.42 Å². The van der Waals surface area contributed by atoms with Gasteiger partial charge in [0.15, 0.2) is 9.84 Å². The molecule has 0 radical (unpaired) electrons. The van der Waals surface area contributed by atoms with Crippen molar-refractivity contribution in [2.45, 2.75) is 12.5 Å². The number of hydrogen-bond donors (Lipinski definition) is 3. The standard InChI is InChI=1S/C8H14N2O5S/c11-3-2-9-7(12)8(13)10-6-1-4-16(14,15)5-6/h6,11H,1-5H2,(H,9,12)(H,10,13). The second-order valence-electron chi connectivity index (χ2n) is 3.55. The first-order chi connectivity index (χ1) is 7.44. The van der Waals surface area contributed by atoms with Gasteiger partial charge in [0.05, 0.1) is 18.1 Å². The van der Waals surface area contributed by atoms with Gasteiger partial charge in [-0.15, -0.1) is 0 Å². The molecular formula is C8H14N2O5S. The molecule has 7 nitrogen and oxygen atoms in total. The molecule has 1 aliphatic heterocycles. The molecule has 0 aromatic heterocycles. The molecule has 1 fully saturated rings. The van der Waals surface area contributed by atoms with Crippen LogP contribution in [0.5, 0.6) is 0 Å². The first-order valence-corrected chi connectivity index (χ1v) is 6.67. The third-order valence-electron chi connectivity index (χ3n) is 2.17. The number of hydrogen-bond acceptors (Lipinski definition) is 5. The molecule has 92 valence electrons. The van der Waals surface area contributed by atoms with E-state index in [2.05, 4.69) is 10.6 Å². The quantitative estimate of drug-likeness (QED) is 0.475. The molecular weight excluding hydrogens is 236 g/mol.